The Labute approximate surface area is 361 Å². The zero-order valence-electron chi connectivity index (χ0n) is 37.8. The summed E-state index contributed by atoms with van der Waals surface area (Å²) in [5, 5.41) is 23.8. The monoisotopic (exact) mass is 844 g/mol. The van der Waals surface area contributed by atoms with E-state index in [0.29, 0.717) is 18.1 Å². The molecule has 3 aromatic rings. The first-order chi connectivity index (χ1) is 29.4. The zero-order chi connectivity index (χ0) is 44.4. The van der Waals surface area contributed by atoms with Gasteiger partial charge in [-0.2, -0.15) is 0 Å². The van der Waals surface area contributed by atoms with Gasteiger partial charge in [0.25, 0.3) is 0 Å². The number of carbonyl (C=O) groups excluding carboxylic acids is 3. The van der Waals surface area contributed by atoms with E-state index in [1.807, 2.05) is 70.8 Å². The van der Waals surface area contributed by atoms with Crippen molar-refractivity contribution in [3.8, 4) is 5.75 Å². The first-order valence-electron chi connectivity index (χ1n) is 22.3. The highest BCUT2D eigenvalue weighted by molar-refractivity contribution is 5.89. The second-order valence-corrected chi connectivity index (χ2v) is 16.9. The number of piperidine rings is 1. The minimum atomic E-state index is -2.08. The number of H-pyrrole nitrogens is 1. The second kappa shape index (κ2) is 18.5. The SMILES string of the molecule is CC.CC.CC[C@]12C=CCN3CCC4(c5ccc(OC)cc5N(C)C4C(O)(C(=O)OC)[C@@H]1OC(C)=O)C32.COC(=O)[C@@H]1CC2C[C@H](O)CN(CCc3c1[nH]c1ccccc31)C2. The lowest BCUT2D eigenvalue weighted by Gasteiger charge is -2.63. The van der Waals surface area contributed by atoms with Crippen LogP contribution in [0.3, 0.4) is 0 Å². The summed E-state index contributed by atoms with van der Waals surface area (Å²) in [5.74, 6) is -0.771. The van der Waals surface area contributed by atoms with Gasteiger partial charge in [-0.15, -0.1) is 0 Å². The number of nitrogens with one attached hydrogen (secondary N) is 1. The average Bonchev–Trinajstić information content (AvgIpc) is 3.94. The van der Waals surface area contributed by atoms with Crippen LogP contribution in [0.25, 0.3) is 10.9 Å². The first-order valence-corrected chi connectivity index (χ1v) is 22.3. The summed E-state index contributed by atoms with van der Waals surface area (Å²) in [5.41, 5.74) is 1.91. The van der Waals surface area contributed by atoms with E-state index < -0.39 is 40.5 Å². The van der Waals surface area contributed by atoms with E-state index in [1.165, 1.54) is 32.1 Å². The molecule has 334 valence electrons. The van der Waals surface area contributed by atoms with Crippen molar-refractivity contribution in [2.75, 3.05) is 66.0 Å². The lowest BCUT2D eigenvalue weighted by molar-refractivity contribution is -0.228. The number of ether oxygens (including phenoxy) is 4. The molecule has 1 aliphatic carbocycles. The predicted octanol–water partition coefficient (Wildman–Crippen LogP) is 5.75. The first kappa shape index (κ1) is 46.1. The lowest BCUT2D eigenvalue weighted by atomic mass is 9.47. The van der Waals surface area contributed by atoms with E-state index >= 15 is 0 Å². The third-order valence-electron chi connectivity index (χ3n) is 14.1. The van der Waals surface area contributed by atoms with Crippen LogP contribution in [-0.2, 0) is 40.4 Å². The number of aromatic amines is 1. The molecule has 1 aromatic heterocycles. The van der Waals surface area contributed by atoms with Gasteiger partial charge < -0.3 is 43.9 Å². The number of esters is 3. The average molecular weight is 845 g/mol. The molecule has 13 nitrogen and oxygen atoms in total. The van der Waals surface area contributed by atoms with Crippen molar-refractivity contribution in [2.45, 2.75) is 115 Å². The smallest absolute Gasteiger partial charge is 0.344 e. The molecule has 13 heteroatoms. The van der Waals surface area contributed by atoms with E-state index in [0.717, 1.165) is 80.9 Å². The summed E-state index contributed by atoms with van der Waals surface area (Å²) >= 11 is 0. The summed E-state index contributed by atoms with van der Waals surface area (Å²) in [4.78, 5) is 48.5. The number of aliphatic hydroxyl groups is 2. The van der Waals surface area contributed by atoms with Crippen molar-refractivity contribution in [2.24, 2.45) is 11.3 Å². The maximum absolute atomic E-state index is 13.5. The predicted molar refractivity (Wildman–Crippen MR) is 236 cm³/mol. The molecule has 5 aliphatic heterocycles. The van der Waals surface area contributed by atoms with Crippen molar-refractivity contribution in [3.63, 3.8) is 0 Å². The molecule has 3 N–H and O–H groups in total. The topological polar surface area (TPSA) is 154 Å². The number of fused-ring (bicyclic) bond motifs is 6. The maximum atomic E-state index is 13.5. The molecule has 6 aliphatic rings. The zero-order valence-corrected chi connectivity index (χ0v) is 37.8. The Morgan fingerprint density at radius 1 is 0.951 bits per heavy atom. The molecule has 0 amide bonds. The van der Waals surface area contributed by atoms with Gasteiger partial charge >= 0.3 is 17.9 Å². The summed E-state index contributed by atoms with van der Waals surface area (Å²) in [6.07, 6.45) is 6.47. The highest BCUT2D eigenvalue weighted by Crippen LogP contribution is 2.67. The van der Waals surface area contributed by atoms with Crippen molar-refractivity contribution in [1.82, 2.24) is 14.8 Å². The van der Waals surface area contributed by atoms with Gasteiger partial charge in [0.1, 0.15) is 5.75 Å². The second-order valence-electron chi connectivity index (χ2n) is 16.9. The third-order valence-corrected chi connectivity index (χ3v) is 14.1. The van der Waals surface area contributed by atoms with E-state index in [2.05, 4.69) is 45.1 Å². The van der Waals surface area contributed by atoms with Gasteiger partial charge in [-0.05, 0) is 67.8 Å². The van der Waals surface area contributed by atoms with Gasteiger partial charge in [0, 0.05) is 85.4 Å². The number of anilines is 1. The molecular formula is C48H68N4O9. The van der Waals surface area contributed by atoms with Gasteiger partial charge in [-0.3, -0.25) is 14.5 Å². The molecule has 3 fully saturated rings. The number of carbonyl (C=O) groups is 3. The Hall–Kier alpha value is -4.43. The normalized spacial score (nSPS) is 32.8. The van der Waals surface area contributed by atoms with Gasteiger partial charge in [0.05, 0.1) is 39.4 Å². The van der Waals surface area contributed by atoms with Gasteiger partial charge in [0.2, 0.25) is 5.60 Å². The number of nitrogens with zero attached hydrogens (tertiary/aromatic N) is 3. The Morgan fingerprint density at radius 2 is 1.69 bits per heavy atom. The minimum Gasteiger partial charge on any atom is -0.497 e. The van der Waals surface area contributed by atoms with Crippen LogP contribution < -0.4 is 9.64 Å². The van der Waals surface area contributed by atoms with Crippen LogP contribution in [-0.4, -0.2) is 134 Å². The van der Waals surface area contributed by atoms with Gasteiger partial charge in [-0.25, -0.2) is 4.79 Å². The van der Waals surface area contributed by atoms with Gasteiger partial charge in [-0.1, -0.05) is 71.0 Å². The minimum absolute atomic E-state index is 0.0589. The van der Waals surface area contributed by atoms with E-state index in [1.54, 1.807) is 7.11 Å². The van der Waals surface area contributed by atoms with Crippen LogP contribution in [0.5, 0.6) is 5.75 Å². The number of benzene rings is 2. The molecule has 6 heterocycles. The number of aliphatic hydroxyl groups excluding tert-OH is 1. The Kier molecular flexibility index (Phi) is 14.0. The van der Waals surface area contributed by atoms with Crippen molar-refractivity contribution in [3.05, 3.63) is 71.4 Å². The Balaban J connectivity index is 0.000000197. The number of methoxy groups -OCH3 is 3. The molecular weight excluding hydrogens is 777 g/mol. The lowest BCUT2D eigenvalue weighted by Crippen LogP contribution is -2.81. The Bertz CT molecular complexity index is 2090. The summed E-state index contributed by atoms with van der Waals surface area (Å²) < 4.78 is 21.7. The van der Waals surface area contributed by atoms with Crippen molar-refractivity contribution >= 4 is 34.5 Å². The molecule has 61 heavy (non-hydrogen) atoms. The number of hydrogen-bond donors (Lipinski definition) is 3. The van der Waals surface area contributed by atoms with Crippen LogP contribution in [0.4, 0.5) is 5.69 Å². The number of para-hydroxylation sites is 1. The fraction of sp³-hybridized carbons (Fsp3) is 0.604. The quantitative estimate of drug-likeness (QED) is 0.163. The summed E-state index contributed by atoms with van der Waals surface area (Å²) in [6.45, 7) is 15.5. The van der Waals surface area contributed by atoms with Crippen molar-refractivity contribution in [1.29, 1.82) is 0 Å². The largest absolute Gasteiger partial charge is 0.497 e. The summed E-state index contributed by atoms with van der Waals surface area (Å²) in [7, 11) is 6.23. The van der Waals surface area contributed by atoms with E-state index in [-0.39, 0.29) is 24.0 Å². The maximum Gasteiger partial charge on any atom is 0.344 e. The molecule has 6 unspecified atom stereocenters. The fourth-order valence-corrected chi connectivity index (χ4v) is 12.2. The number of rotatable bonds is 5. The molecule has 1 saturated carbocycles. The highest BCUT2D eigenvalue weighted by Gasteiger charge is 2.80. The molecule has 2 saturated heterocycles. The van der Waals surface area contributed by atoms with Crippen LogP contribution in [0, 0.1) is 11.3 Å². The molecule has 1 spiro atoms. The van der Waals surface area contributed by atoms with Crippen molar-refractivity contribution < 1.29 is 43.5 Å². The van der Waals surface area contributed by atoms with E-state index in [9.17, 15) is 24.6 Å². The standard InChI is InChI=1S/C25H32N2O6.C19H24N2O3.2C2H6/c1-6-23-10-7-12-27-13-11-24(19(23)27)17-9-8-16(31-4)14-18(17)26(3)20(24)25(30,22(29)32-5)21(23)33-15(2)28;1-24-19(23)16-9-12-8-13(22)11-21(10-12)7-6-15-14-4-2-3-5-17(14)20-18(15)16;2*1-2/h7-10,14,19-21,30H,6,11-13H2,1-5H3;2-5,12-13,16,20,22H,6-11H2,1H3;2*1-2H3/t19?,20?,21-,23-,24?,25?;12?,13-,16+;;/m10../s1. The number of hydrogen-bond acceptors (Lipinski definition) is 12. The van der Waals surface area contributed by atoms with Crippen LogP contribution >= 0.6 is 0 Å². The summed E-state index contributed by atoms with van der Waals surface area (Å²) in [6, 6.07) is 13.5. The molecule has 0 radical (unpaired) electrons. The number of likely N-dealkylation sites (N-methyl/N-ethyl adjacent to an activating group) is 1. The van der Waals surface area contributed by atoms with E-state index in [4.69, 9.17) is 18.9 Å². The van der Waals surface area contributed by atoms with Crippen LogP contribution in [0.15, 0.2) is 54.6 Å². The van der Waals surface area contributed by atoms with Gasteiger partial charge in [0.15, 0.2) is 6.10 Å². The third kappa shape index (κ3) is 7.42. The molecule has 10 atom stereocenters. The highest BCUT2D eigenvalue weighted by atomic mass is 16.6. The molecule has 2 bridgehead atoms. The van der Waals surface area contributed by atoms with Crippen LogP contribution in [0.2, 0.25) is 0 Å². The molecule has 9 rings (SSSR count). The van der Waals surface area contributed by atoms with Crippen LogP contribution in [0.1, 0.15) is 90.0 Å². The number of aromatic nitrogens is 1. The molecule has 2 aromatic carbocycles. The fourth-order valence-electron chi connectivity index (χ4n) is 12.2. The Morgan fingerprint density at radius 3 is 2.36 bits per heavy atom.